The van der Waals surface area contributed by atoms with Crippen molar-refractivity contribution >= 4 is 15.6 Å². The molecular weight excluding hydrogens is 286 g/mol. The van der Waals surface area contributed by atoms with Gasteiger partial charge < -0.3 is 5.73 Å². The number of nitrogens with two attached hydrogens (primary N) is 1. The van der Waals surface area contributed by atoms with Crippen LogP contribution >= 0.6 is 0 Å². The Balaban J connectivity index is 2.15. The summed E-state index contributed by atoms with van der Waals surface area (Å²) in [7, 11) is -3.07. The Morgan fingerprint density at radius 2 is 1.95 bits per heavy atom. The Kier molecular flexibility index (Phi) is 5.17. The Morgan fingerprint density at radius 1 is 1.29 bits per heavy atom. The lowest BCUT2D eigenvalue weighted by molar-refractivity contribution is -0.125. The fraction of sp³-hybridized carbons (Fsp3) is 0.562. The molecular formula is C16H23NO3S. The lowest BCUT2D eigenvalue weighted by Crippen LogP contribution is -2.35. The molecule has 0 aromatic heterocycles. The number of hydrogen-bond donors (Lipinski definition) is 1. The van der Waals surface area contributed by atoms with Gasteiger partial charge in [0.1, 0.15) is 15.6 Å². The Labute approximate surface area is 126 Å². The number of sulfone groups is 1. The summed E-state index contributed by atoms with van der Waals surface area (Å²) >= 11 is 0. The van der Waals surface area contributed by atoms with E-state index in [9.17, 15) is 13.2 Å². The second-order valence-electron chi connectivity index (χ2n) is 5.92. The smallest absolute Gasteiger partial charge is 0.150 e. The highest BCUT2D eigenvalue weighted by Crippen LogP contribution is 2.32. The molecule has 0 bridgehead atoms. The van der Waals surface area contributed by atoms with Gasteiger partial charge in [-0.1, -0.05) is 36.8 Å². The van der Waals surface area contributed by atoms with Gasteiger partial charge in [0.05, 0.1) is 11.2 Å². The second-order valence-corrected chi connectivity index (χ2v) is 8.24. The van der Waals surface area contributed by atoms with Gasteiger partial charge in [0.25, 0.3) is 0 Å². The largest absolute Gasteiger partial charge is 0.329 e. The van der Waals surface area contributed by atoms with Crippen LogP contribution in [0.2, 0.25) is 0 Å². The molecule has 0 spiro atoms. The van der Waals surface area contributed by atoms with Crippen molar-refractivity contribution in [1.29, 1.82) is 0 Å². The van der Waals surface area contributed by atoms with E-state index in [0.29, 0.717) is 12.8 Å². The maximum Gasteiger partial charge on any atom is 0.150 e. The van der Waals surface area contributed by atoms with Gasteiger partial charge >= 0.3 is 0 Å². The third kappa shape index (κ3) is 3.92. The Hall–Kier alpha value is -1.20. The van der Waals surface area contributed by atoms with Crippen molar-refractivity contribution in [2.45, 2.75) is 36.9 Å². The normalized spacial score (nSPS) is 24.5. The first-order valence-electron chi connectivity index (χ1n) is 7.41. The van der Waals surface area contributed by atoms with Crippen LogP contribution in [0.5, 0.6) is 0 Å². The van der Waals surface area contributed by atoms with Crippen LogP contribution in [0.4, 0.5) is 0 Å². The summed E-state index contributed by atoms with van der Waals surface area (Å²) in [4.78, 5) is 12.7. The topological polar surface area (TPSA) is 77.2 Å². The molecule has 4 nitrogen and oxygen atoms in total. The molecule has 21 heavy (non-hydrogen) atoms. The molecule has 0 amide bonds. The Bertz CT molecular complexity index is 583. The summed E-state index contributed by atoms with van der Waals surface area (Å²) in [6.45, 7) is 0.267. The summed E-state index contributed by atoms with van der Waals surface area (Å²) in [5.41, 5.74) is 6.72. The van der Waals surface area contributed by atoms with Crippen molar-refractivity contribution in [3.63, 3.8) is 0 Å². The van der Waals surface area contributed by atoms with Crippen LogP contribution in [-0.4, -0.2) is 32.3 Å². The average Bonchev–Trinajstić information content (AvgIpc) is 2.48. The van der Waals surface area contributed by atoms with Crippen LogP contribution in [0.25, 0.3) is 0 Å². The third-order valence-electron chi connectivity index (χ3n) is 4.42. The monoisotopic (exact) mass is 309 g/mol. The summed E-state index contributed by atoms with van der Waals surface area (Å²) < 4.78 is 23.5. The first kappa shape index (κ1) is 16.2. The number of hydrogen-bond acceptors (Lipinski definition) is 4. The molecule has 1 aliphatic rings. The quantitative estimate of drug-likeness (QED) is 0.901. The maximum absolute atomic E-state index is 12.7. The predicted molar refractivity (Wildman–Crippen MR) is 83.8 cm³/mol. The van der Waals surface area contributed by atoms with Gasteiger partial charge in [0.2, 0.25) is 0 Å². The van der Waals surface area contributed by atoms with E-state index < -0.39 is 9.84 Å². The molecule has 5 heteroatoms. The van der Waals surface area contributed by atoms with Crippen molar-refractivity contribution < 1.29 is 13.2 Å². The van der Waals surface area contributed by atoms with Gasteiger partial charge in [-0.25, -0.2) is 8.42 Å². The van der Waals surface area contributed by atoms with Gasteiger partial charge in [-0.3, -0.25) is 4.79 Å². The van der Waals surface area contributed by atoms with Crippen molar-refractivity contribution in [2.75, 3.05) is 12.8 Å². The van der Waals surface area contributed by atoms with Gasteiger partial charge in [-0.2, -0.15) is 0 Å². The molecule has 116 valence electrons. The van der Waals surface area contributed by atoms with E-state index in [1.54, 1.807) is 0 Å². The highest BCUT2D eigenvalue weighted by Gasteiger charge is 2.35. The van der Waals surface area contributed by atoms with Gasteiger partial charge in [0, 0.05) is 18.7 Å². The minimum absolute atomic E-state index is 0.0945. The standard InChI is InChI=1S/C16H23NO3S/c1-21(19,20)14-9-5-8-13(10-14)16(18)15(11-17)12-6-3-2-4-7-12/h2-4,6-7,13-15H,5,8-11,17H2,1H3. The first-order valence-corrected chi connectivity index (χ1v) is 9.36. The molecule has 0 saturated heterocycles. The fourth-order valence-electron chi connectivity index (χ4n) is 3.18. The summed E-state index contributed by atoms with van der Waals surface area (Å²) in [6, 6.07) is 9.51. The first-order chi connectivity index (χ1) is 9.93. The van der Waals surface area contributed by atoms with Gasteiger partial charge in [0.15, 0.2) is 0 Å². The Morgan fingerprint density at radius 3 is 2.52 bits per heavy atom. The molecule has 3 atom stereocenters. The number of Topliss-reactive ketones (excluding diaryl/α,β-unsaturated/α-hetero) is 1. The van der Waals surface area contributed by atoms with E-state index >= 15 is 0 Å². The van der Waals surface area contributed by atoms with E-state index in [1.807, 2.05) is 30.3 Å². The predicted octanol–water partition coefficient (Wildman–Crippen LogP) is 1.90. The maximum atomic E-state index is 12.7. The molecule has 0 radical (unpaired) electrons. The number of rotatable bonds is 5. The van der Waals surface area contributed by atoms with Crippen LogP contribution in [-0.2, 0) is 14.6 Å². The van der Waals surface area contributed by atoms with Crippen molar-refractivity contribution in [3.8, 4) is 0 Å². The lowest BCUT2D eigenvalue weighted by atomic mass is 9.79. The molecule has 2 rings (SSSR count). The highest BCUT2D eigenvalue weighted by molar-refractivity contribution is 7.91. The highest BCUT2D eigenvalue weighted by atomic mass is 32.2. The summed E-state index contributed by atoms with van der Waals surface area (Å²) in [6.07, 6.45) is 3.94. The average molecular weight is 309 g/mol. The lowest BCUT2D eigenvalue weighted by Gasteiger charge is -2.29. The fourth-order valence-corrected chi connectivity index (χ4v) is 4.36. The molecule has 1 aromatic carbocycles. The SMILES string of the molecule is CS(=O)(=O)C1CCCC(C(=O)C(CN)c2ccccc2)C1. The van der Waals surface area contributed by atoms with E-state index in [0.717, 1.165) is 18.4 Å². The zero-order valence-corrected chi connectivity index (χ0v) is 13.2. The number of carbonyl (C=O) groups excluding carboxylic acids is 1. The molecule has 1 aromatic rings. The minimum atomic E-state index is -3.07. The van der Waals surface area contributed by atoms with E-state index in [2.05, 4.69) is 0 Å². The molecule has 1 fully saturated rings. The number of benzene rings is 1. The van der Waals surface area contributed by atoms with E-state index in [1.165, 1.54) is 6.26 Å². The van der Waals surface area contributed by atoms with Crippen molar-refractivity contribution in [2.24, 2.45) is 11.7 Å². The van der Waals surface area contributed by atoms with Gasteiger partial charge in [-0.05, 0) is 24.8 Å². The van der Waals surface area contributed by atoms with Crippen LogP contribution in [0.1, 0.15) is 37.2 Å². The zero-order chi connectivity index (χ0) is 15.5. The molecule has 1 aliphatic carbocycles. The van der Waals surface area contributed by atoms with E-state index in [-0.39, 0.29) is 29.4 Å². The summed E-state index contributed by atoms with van der Waals surface area (Å²) in [5.74, 6) is -0.418. The molecule has 0 aliphatic heterocycles. The zero-order valence-electron chi connectivity index (χ0n) is 12.4. The van der Waals surface area contributed by atoms with Crippen molar-refractivity contribution in [1.82, 2.24) is 0 Å². The number of carbonyl (C=O) groups is 1. The molecule has 2 N–H and O–H groups in total. The van der Waals surface area contributed by atoms with Crippen LogP contribution in [0, 0.1) is 5.92 Å². The second kappa shape index (κ2) is 6.71. The van der Waals surface area contributed by atoms with Gasteiger partial charge in [-0.15, -0.1) is 0 Å². The van der Waals surface area contributed by atoms with Crippen LogP contribution in [0.3, 0.4) is 0 Å². The number of ketones is 1. The van der Waals surface area contributed by atoms with Crippen molar-refractivity contribution in [3.05, 3.63) is 35.9 Å². The molecule has 3 unspecified atom stereocenters. The van der Waals surface area contributed by atoms with Crippen LogP contribution < -0.4 is 5.73 Å². The minimum Gasteiger partial charge on any atom is -0.329 e. The molecule has 1 saturated carbocycles. The van der Waals surface area contributed by atoms with E-state index in [4.69, 9.17) is 5.73 Å². The third-order valence-corrected chi connectivity index (χ3v) is 6.05. The van der Waals surface area contributed by atoms with Crippen LogP contribution in [0.15, 0.2) is 30.3 Å². The summed E-state index contributed by atoms with van der Waals surface area (Å²) in [5, 5.41) is -0.380. The molecule has 0 heterocycles.